The Balaban J connectivity index is 2.74. The van der Waals surface area contributed by atoms with Crippen molar-refractivity contribution in [3.05, 3.63) is 0 Å². The Morgan fingerprint density at radius 3 is 2.75 bits per heavy atom. The maximum absolute atomic E-state index is 10.9. The summed E-state index contributed by atoms with van der Waals surface area (Å²) in [7, 11) is 1.62. The van der Waals surface area contributed by atoms with Gasteiger partial charge < -0.3 is 10.1 Å². The van der Waals surface area contributed by atoms with E-state index in [1.54, 1.807) is 7.11 Å². The number of carbonyl (C=O) groups excluding carboxylic acids is 1. The van der Waals surface area contributed by atoms with Gasteiger partial charge in [0.05, 0.1) is 0 Å². The molecule has 1 rings (SSSR count). The molecule has 1 amide bonds. The number of rotatable bonds is 3. The predicted molar refractivity (Wildman–Crippen MR) is 46.1 cm³/mol. The Bertz CT molecular complexity index is 219. The van der Waals surface area contributed by atoms with Crippen molar-refractivity contribution in [1.82, 2.24) is 5.32 Å². The van der Waals surface area contributed by atoms with Crippen molar-refractivity contribution in [3.8, 4) is 0 Å². The fourth-order valence-corrected chi connectivity index (χ4v) is 1.07. The number of amidine groups is 1. The third kappa shape index (κ3) is 1.48. The number of hydrogen-bond donors (Lipinski definition) is 1. The molecule has 1 heterocycles. The molecular formula is C8H14N2O2. The van der Waals surface area contributed by atoms with Crippen LogP contribution >= 0.6 is 0 Å². The molecule has 1 aliphatic heterocycles. The lowest BCUT2D eigenvalue weighted by atomic mass is 10.0. The highest BCUT2D eigenvalue weighted by Gasteiger charge is 2.32. The van der Waals surface area contributed by atoms with Crippen molar-refractivity contribution in [2.75, 3.05) is 13.7 Å². The van der Waals surface area contributed by atoms with Crippen LogP contribution in [0.25, 0.3) is 0 Å². The highest BCUT2D eigenvalue weighted by molar-refractivity contribution is 6.07. The van der Waals surface area contributed by atoms with Gasteiger partial charge in [0.1, 0.15) is 18.0 Å². The first-order valence-electron chi connectivity index (χ1n) is 4.02. The number of carbonyl (C=O) groups is 1. The summed E-state index contributed by atoms with van der Waals surface area (Å²) in [6, 6.07) is 0. The van der Waals surface area contributed by atoms with Gasteiger partial charge in [-0.1, -0.05) is 6.92 Å². The maximum atomic E-state index is 10.9. The SMILES string of the molecule is CCC(C)(OC)C1=NCC(=O)N1. The van der Waals surface area contributed by atoms with Gasteiger partial charge >= 0.3 is 0 Å². The van der Waals surface area contributed by atoms with Crippen LogP contribution in [-0.4, -0.2) is 31.0 Å². The van der Waals surface area contributed by atoms with Crippen LogP contribution in [0.15, 0.2) is 4.99 Å². The second-order valence-electron chi connectivity index (χ2n) is 3.00. The fraction of sp³-hybridized carbons (Fsp3) is 0.750. The highest BCUT2D eigenvalue weighted by Crippen LogP contribution is 2.16. The molecule has 1 atom stereocenters. The Hall–Kier alpha value is -0.900. The lowest BCUT2D eigenvalue weighted by Crippen LogP contribution is -2.44. The zero-order chi connectivity index (χ0) is 9.19. The van der Waals surface area contributed by atoms with Crippen LogP contribution in [0.1, 0.15) is 20.3 Å². The summed E-state index contributed by atoms with van der Waals surface area (Å²) in [6.45, 7) is 4.14. The van der Waals surface area contributed by atoms with E-state index >= 15 is 0 Å². The Morgan fingerprint density at radius 2 is 2.42 bits per heavy atom. The molecule has 68 valence electrons. The van der Waals surface area contributed by atoms with E-state index in [2.05, 4.69) is 10.3 Å². The van der Waals surface area contributed by atoms with Crippen LogP contribution in [-0.2, 0) is 9.53 Å². The monoisotopic (exact) mass is 170 g/mol. The molecule has 0 aliphatic carbocycles. The number of amides is 1. The van der Waals surface area contributed by atoms with E-state index in [0.717, 1.165) is 6.42 Å². The Labute approximate surface area is 72.0 Å². The second kappa shape index (κ2) is 3.23. The van der Waals surface area contributed by atoms with Gasteiger partial charge in [0.25, 0.3) is 0 Å². The number of ether oxygens (including phenoxy) is 1. The van der Waals surface area contributed by atoms with Crippen molar-refractivity contribution in [2.45, 2.75) is 25.9 Å². The minimum atomic E-state index is -0.438. The quantitative estimate of drug-likeness (QED) is 0.663. The van der Waals surface area contributed by atoms with Crippen molar-refractivity contribution in [1.29, 1.82) is 0 Å². The van der Waals surface area contributed by atoms with Crippen molar-refractivity contribution in [3.63, 3.8) is 0 Å². The van der Waals surface area contributed by atoms with Gasteiger partial charge in [-0.25, -0.2) is 0 Å². The lowest BCUT2D eigenvalue weighted by molar-refractivity contribution is -0.117. The summed E-state index contributed by atoms with van der Waals surface area (Å²) in [5, 5.41) is 2.68. The van der Waals surface area contributed by atoms with Gasteiger partial charge in [0.2, 0.25) is 5.91 Å². The molecule has 4 nitrogen and oxygen atoms in total. The molecule has 0 fully saturated rings. The summed E-state index contributed by atoms with van der Waals surface area (Å²) in [5.41, 5.74) is -0.438. The molecule has 0 spiro atoms. The van der Waals surface area contributed by atoms with Crippen LogP contribution in [0.4, 0.5) is 0 Å². The van der Waals surface area contributed by atoms with E-state index < -0.39 is 5.60 Å². The van der Waals surface area contributed by atoms with Crippen molar-refractivity contribution in [2.24, 2.45) is 4.99 Å². The molecule has 1 N–H and O–H groups in total. The lowest BCUT2D eigenvalue weighted by Gasteiger charge is -2.26. The average molecular weight is 170 g/mol. The molecule has 12 heavy (non-hydrogen) atoms. The van der Waals surface area contributed by atoms with Gasteiger partial charge in [0, 0.05) is 7.11 Å². The van der Waals surface area contributed by atoms with Gasteiger partial charge in [-0.3, -0.25) is 9.79 Å². The third-order valence-corrected chi connectivity index (χ3v) is 2.26. The van der Waals surface area contributed by atoms with Crippen LogP contribution < -0.4 is 5.32 Å². The summed E-state index contributed by atoms with van der Waals surface area (Å²) in [4.78, 5) is 14.9. The predicted octanol–water partition coefficient (Wildman–Crippen LogP) is 0.330. The van der Waals surface area contributed by atoms with Crippen molar-refractivity contribution >= 4 is 11.7 Å². The molecule has 0 bridgehead atoms. The first kappa shape index (κ1) is 9.19. The fourth-order valence-electron chi connectivity index (χ4n) is 1.07. The number of nitrogens with one attached hydrogen (secondary N) is 1. The minimum Gasteiger partial charge on any atom is -0.371 e. The summed E-state index contributed by atoms with van der Waals surface area (Å²) < 4.78 is 5.27. The van der Waals surface area contributed by atoms with Gasteiger partial charge in [-0.05, 0) is 13.3 Å². The van der Waals surface area contributed by atoms with Gasteiger partial charge in [0.15, 0.2) is 0 Å². The number of methoxy groups -OCH3 is 1. The molecule has 0 aromatic heterocycles. The van der Waals surface area contributed by atoms with Gasteiger partial charge in [-0.2, -0.15) is 0 Å². The van der Waals surface area contributed by atoms with E-state index in [-0.39, 0.29) is 12.5 Å². The molecule has 0 saturated carbocycles. The number of aliphatic imine (C=N–C) groups is 1. The number of nitrogens with zero attached hydrogens (tertiary/aromatic N) is 1. The summed E-state index contributed by atoms with van der Waals surface area (Å²) in [5.74, 6) is 0.597. The Kier molecular flexibility index (Phi) is 2.47. The zero-order valence-corrected chi connectivity index (χ0v) is 7.68. The molecule has 1 unspecified atom stereocenters. The Morgan fingerprint density at radius 1 is 1.75 bits per heavy atom. The van der Waals surface area contributed by atoms with Crippen LogP contribution in [0.5, 0.6) is 0 Å². The third-order valence-electron chi connectivity index (χ3n) is 2.26. The normalized spacial score (nSPS) is 21.6. The molecule has 0 saturated heterocycles. The smallest absolute Gasteiger partial charge is 0.247 e. The van der Waals surface area contributed by atoms with E-state index in [4.69, 9.17) is 4.74 Å². The van der Waals surface area contributed by atoms with E-state index in [0.29, 0.717) is 5.84 Å². The zero-order valence-electron chi connectivity index (χ0n) is 7.68. The van der Waals surface area contributed by atoms with Crippen LogP contribution in [0.3, 0.4) is 0 Å². The van der Waals surface area contributed by atoms with Crippen LogP contribution in [0.2, 0.25) is 0 Å². The first-order chi connectivity index (χ1) is 5.62. The highest BCUT2D eigenvalue weighted by atomic mass is 16.5. The molecule has 0 aromatic carbocycles. The summed E-state index contributed by atoms with van der Waals surface area (Å²) >= 11 is 0. The molecular weight excluding hydrogens is 156 g/mol. The molecule has 0 aromatic rings. The van der Waals surface area contributed by atoms with E-state index in [9.17, 15) is 4.79 Å². The maximum Gasteiger partial charge on any atom is 0.247 e. The van der Waals surface area contributed by atoms with E-state index in [1.807, 2.05) is 13.8 Å². The molecule has 0 radical (unpaired) electrons. The van der Waals surface area contributed by atoms with E-state index in [1.165, 1.54) is 0 Å². The van der Waals surface area contributed by atoms with Gasteiger partial charge in [-0.15, -0.1) is 0 Å². The summed E-state index contributed by atoms with van der Waals surface area (Å²) in [6.07, 6.45) is 0.794. The number of hydrogen-bond acceptors (Lipinski definition) is 3. The first-order valence-corrected chi connectivity index (χ1v) is 4.02. The molecule has 4 heteroatoms. The topological polar surface area (TPSA) is 50.7 Å². The van der Waals surface area contributed by atoms with Crippen molar-refractivity contribution < 1.29 is 9.53 Å². The minimum absolute atomic E-state index is 0.0540. The standard InChI is InChI=1S/C8H14N2O2/c1-4-8(2,12-3)7-9-5-6(11)10-7/h4-5H2,1-3H3,(H,9,10,11). The average Bonchev–Trinajstić information content (AvgIpc) is 2.51. The second-order valence-corrected chi connectivity index (χ2v) is 3.00. The molecule has 1 aliphatic rings. The van der Waals surface area contributed by atoms with Crippen LogP contribution in [0, 0.1) is 0 Å². The largest absolute Gasteiger partial charge is 0.371 e.